The average molecular weight is 254 g/mol. The molecule has 2 unspecified atom stereocenters. The van der Waals surface area contributed by atoms with Gasteiger partial charge in [-0.2, -0.15) is 0 Å². The molecule has 0 aliphatic carbocycles. The van der Waals surface area contributed by atoms with Crippen LogP contribution in [0.4, 0.5) is 0 Å². The first-order valence-electron chi connectivity index (χ1n) is 7.36. The van der Waals surface area contributed by atoms with Crippen molar-refractivity contribution in [3.63, 3.8) is 0 Å². The van der Waals surface area contributed by atoms with Gasteiger partial charge in [0.2, 0.25) is 0 Å². The number of aliphatic hydroxyl groups is 2. The normalized spacial score (nSPS) is 16.8. The van der Waals surface area contributed by atoms with Crippen LogP contribution in [0.25, 0.3) is 0 Å². The summed E-state index contributed by atoms with van der Waals surface area (Å²) in [6.07, 6.45) is 8.31. The highest BCUT2D eigenvalue weighted by Crippen LogP contribution is 2.20. The summed E-state index contributed by atoms with van der Waals surface area (Å²) in [5.74, 6) is 0. The quantitative estimate of drug-likeness (QED) is 0.611. The fraction of sp³-hybridized carbons (Fsp3) is 0.750. The van der Waals surface area contributed by atoms with Crippen LogP contribution in [0, 0.1) is 0 Å². The molecule has 2 heteroatoms. The molecule has 2 nitrogen and oxygen atoms in total. The predicted molar refractivity (Wildman–Crippen MR) is 78.6 cm³/mol. The average Bonchev–Trinajstić information content (AvgIpc) is 2.39. The monoisotopic (exact) mass is 254 g/mol. The third-order valence-corrected chi connectivity index (χ3v) is 3.27. The van der Waals surface area contributed by atoms with Gasteiger partial charge in [-0.25, -0.2) is 0 Å². The van der Waals surface area contributed by atoms with Crippen molar-refractivity contribution in [2.75, 3.05) is 0 Å². The Bertz CT molecular complexity index is 238. The van der Waals surface area contributed by atoms with Gasteiger partial charge in [-0.3, -0.25) is 0 Å². The van der Waals surface area contributed by atoms with E-state index in [2.05, 4.69) is 26.0 Å². The van der Waals surface area contributed by atoms with Gasteiger partial charge < -0.3 is 10.2 Å². The molecule has 2 N–H and O–H groups in total. The maximum absolute atomic E-state index is 10.2. The van der Waals surface area contributed by atoms with Crippen molar-refractivity contribution in [1.29, 1.82) is 0 Å². The van der Waals surface area contributed by atoms with E-state index in [1.54, 1.807) is 0 Å². The van der Waals surface area contributed by atoms with Crippen LogP contribution in [0.3, 0.4) is 0 Å². The molecule has 0 fully saturated rings. The van der Waals surface area contributed by atoms with E-state index in [0.717, 1.165) is 49.7 Å². The van der Waals surface area contributed by atoms with E-state index in [9.17, 15) is 10.2 Å². The van der Waals surface area contributed by atoms with Crippen LogP contribution in [0.5, 0.6) is 0 Å². The fourth-order valence-corrected chi connectivity index (χ4v) is 2.01. The minimum Gasteiger partial charge on any atom is -0.386 e. The van der Waals surface area contributed by atoms with Gasteiger partial charge in [-0.1, -0.05) is 52.7 Å². The Morgan fingerprint density at radius 2 is 1.11 bits per heavy atom. The van der Waals surface area contributed by atoms with Crippen molar-refractivity contribution in [2.45, 2.75) is 78.4 Å². The van der Waals surface area contributed by atoms with E-state index in [0.29, 0.717) is 0 Å². The molecule has 0 aromatic heterocycles. The van der Waals surface area contributed by atoms with Gasteiger partial charge in [0.05, 0.1) is 0 Å². The molecule has 0 radical (unpaired) electrons. The maximum Gasteiger partial charge on any atom is 0.105 e. The summed E-state index contributed by atoms with van der Waals surface area (Å²) >= 11 is 0. The van der Waals surface area contributed by atoms with Gasteiger partial charge in [0.1, 0.15) is 12.2 Å². The smallest absolute Gasteiger partial charge is 0.105 e. The number of hydrogen-bond acceptors (Lipinski definition) is 2. The minimum atomic E-state index is -0.746. The Balaban J connectivity index is 4.76. The van der Waals surface area contributed by atoms with Crippen LogP contribution in [-0.2, 0) is 0 Å². The molecular weight excluding hydrogens is 224 g/mol. The van der Waals surface area contributed by atoms with Gasteiger partial charge in [0, 0.05) is 0 Å². The van der Waals surface area contributed by atoms with Crippen LogP contribution >= 0.6 is 0 Å². The molecule has 0 aliphatic rings. The molecule has 18 heavy (non-hydrogen) atoms. The van der Waals surface area contributed by atoms with E-state index < -0.39 is 12.2 Å². The Labute approximate surface area is 112 Å². The van der Waals surface area contributed by atoms with Gasteiger partial charge in [0.15, 0.2) is 0 Å². The lowest BCUT2D eigenvalue weighted by molar-refractivity contribution is 0.0618. The number of hydrogen-bond donors (Lipinski definition) is 2. The zero-order valence-corrected chi connectivity index (χ0v) is 12.4. The zero-order chi connectivity index (χ0) is 14.0. The van der Waals surface area contributed by atoms with Crippen LogP contribution in [0.2, 0.25) is 0 Å². The van der Waals surface area contributed by atoms with Crippen LogP contribution < -0.4 is 0 Å². The van der Waals surface area contributed by atoms with Crippen LogP contribution in [0.15, 0.2) is 23.3 Å². The summed E-state index contributed by atoms with van der Waals surface area (Å²) in [6.45, 7) is 8.29. The first-order valence-corrected chi connectivity index (χ1v) is 7.36. The number of rotatable bonds is 9. The Morgan fingerprint density at radius 3 is 1.33 bits per heavy atom. The van der Waals surface area contributed by atoms with Gasteiger partial charge in [0.25, 0.3) is 0 Å². The Hall–Kier alpha value is -0.600. The second-order valence-corrected chi connectivity index (χ2v) is 4.73. The third kappa shape index (κ3) is 5.83. The molecule has 0 aliphatic heterocycles. The molecule has 0 bridgehead atoms. The van der Waals surface area contributed by atoms with Crippen molar-refractivity contribution in [1.82, 2.24) is 0 Å². The highest BCUT2D eigenvalue weighted by Gasteiger charge is 2.21. The summed E-state index contributed by atoms with van der Waals surface area (Å²) in [5.41, 5.74) is 1.92. The second-order valence-electron chi connectivity index (χ2n) is 4.73. The SMILES string of the molecule is CCCC=C(CC)C(O)C(O)C(=CCCC)CC. The first-order chi connectivity index (χ1) is 8.62. The van der Waals surface area contributed by atoms with Gasteiger partial charge >= 0.3 is 0 Å². The molecule has 0 spiro atoms. The molecule has 0 rings (SSSR count). The van der Waals surface area contributed by atoms with Crippen LogP contribution in [-0.4, -0.2) is 22.4 Å². The number of aliphatic hydroxyl groups excluding tert-OH is 2. The van der Waals surface area contributed by atoms with Crippen molar-refractivity contribution < 1.29 is 10.2 Å². The van der Waals surface area contributed by atoms with Crippen molar-refractivity contribution in [3.05, 3.63) is 23.3 Å². The molecule has 0 heterocycles. The van der Waals surface area contributed by atoms with Crippen molar-refractivity contribution in [2.24, 2.45) is 0 Å². The summed E-state index contributed by atoms with van der Waals surface area (Å²) in [4.78, 5) is 0. The second kappa shape index (κ2) is 10.3. The summed E-state index contributed by atoms with van der Waals surface area (Å²) < 4.78 is 0. The zero-order valence-electron chi connectivity index (χ0n) is 12.4. The summed E-state index contributed by atoms with van der Waals surface area (Å²) in [7, 11) is 0. The largest absolute Gasteiger partial charge is 0.386 e. The highest BCUT2D eigenvalue weighted by atomic mass is 16.3. The predicted octanol–water partition coefficient (Wildman–Crippen LogP) is 3.98. The highest BCUT2D eigenvalue weighted by molar-refractivity contribution is 5.19. The molecule has 0 aromatic carbocycles. The molecule has 0 saturated carbocycles. The lowest BCUT2D eigenvalue weighted by Crippen LogP contribution is -2.29. The van der Waals surface area contributed by atoms with Crippen LogP contribution in [0.1, 0.15) is 66.2 Å². The Morgan fingerprint density at radius 1 is 0.778 bits per heavy atom. The van der Waals surface area contributed by atoms with Gasteiger partial charge in [-0.05, 0) is 36.8 Å². The van der Waals surface area contributed by atoms with Gasteiger partial charge in [-0.15, -0.1) is 0 Å². The molecule has 2 atom stereocenters. The standard InChI is InChI=1S/C16H30O2/c1-5-9-11-13(7-3)15(17)16(18)14(8-4)12-10-6-2/h11-12,15-18H,5-10H2,1-4H3. The van der Waals surface area contributed by atoms with Crippen molar-refractivity contribution >= 4 is 0 Å². The molecular formula is C16H30O2. The van der Waals surface area contributed by atoms with E-state index in [4.69, 9.17) is 0 Å². The first kappa shape index (κ1) is 17.4. The topological polar surface area (TPSA) is 40.5 Å². The Kier molecular flexibility index (Phi) is 9.99. The molecule has 106 valence electrons. The lowest BCUT2D eigenvalue weighted by Gasteiger charge is -2.22. The van der Waals surface area contributed by atoms with E-state index in [-0.39, 0.29) is 0 Å². The molecule has 0 aromatic rings. The third-order valence-electron chi connectivity index (χ3n) is 3.27. The summed E-state index contributed by atoms with van der Waals surface area (Å²) in [5, 5.41) is 20.5. The molecule has 0 saturated heterocycles. The number of unbranched alkanes of at least 4 members (excludes halogenated alkanes) is 2. The maximum atomic E-state index is 10.2. The van der Waals surface area contributed by atoms with Crippen molar-refractivity contribution in [3.8, 4) is 0 Å². The van der Waals surface area contributed by atoms with E-state index in [1.807, 2.05) is 13.8 Å². The fourth-order valence-electron chi connectivity index (χ4n) is 2.01. The number of allylic oxidation sites excluding steroid dienone is 2. The van der Waals surface area contributed by atoms with E-state index >= 15 is 0 Å². The molecule has 0 amide bonds. The lowest BCUT2D eigenvalue weighted by atomic mass is 9.93. The minimum absolute atomic E-state index is 0.746. The van der Waals surface area contributed by atoms with E-state index in [1.165, 1.54) is 0 Å². The summed E-state index contributed by atoms with van der Waals surface area (Å²) in [6, 6.07) is 0.